The molecule has 1 atom stereocenters. The van der Waals surface area contributed by atoms with Crippen LogP contribution in [-0.4, -0.2) is 21.6 Å². The summed E-state index contributed by atoms with van der Waals surface area (Å²) in [5, 5.41) is 7.28. The average Bonchev–Trinajstić information content (AvgIpc) is 3.23. The van der Waals surface area contributed by atoms with Crippen molar-refractivity contribution in [2.75, 3.05) is 0 Å². The van der Waals surface area contributed by atoms with Crippen LogP contribution in [0.2, 0.25) is 5.15 Å². The minimum Gasteiger partial charge on any atom is -0.463 e. The maximum absolute atomic E-state index is 12.1. The summed E-state index contributed by atoms with van der Waals surface area (Å²) in [5.41, 5.74) is 3.48. The molecule has 0 saturated carbocycles. The molecule has 3 aromatic rings. The Hall–Kier alpha value is -2.66. The first-order valence-electron chi connectivity index (χ1n) is 8.01. The van der Waals surface area contributed by atoms with Crippen molar-refractivity contribution in [3.8, 4) is 0 Å². The summed E-state index contributed by atoms with van der Waals surface area (Å²) in [6.07, 6.45) is 2.13. The van der Waals surface area contributed by atoms with Crippen LogP contribution in [0.4, 0.5) is 0 Å². The van der Waals surface area contributed by atoms with Gasteiger partial charge in [-0.15, -0.1) is 0 Å². The molecule has 6 heteroatoms. The molecule has 1 aliphatic heterocycles. The van der Waals surface area contributed by atoms with E-state index in [2.05, 4.69) is 10.1 Å². The summed E-state index contributed by atoms with van der Waals surface area (Å²) in [6.45, 7) is 3.51. The predicted molar refractivity (Wildman–Crippen MR) is 96.6 cm³/mol. The number of hydrogen-bond acceptors (Lipinski definition) is 4. The third-order valence-electron chi connectivity index (χ3n) is 4.35. The van der Waals surface area contributed by atoms with Crippen molar-refractivity contribution in [3.05, 3.63) is 64.7 Å². The number of benzene rings is 1. The Labute approximate surface area is 149 Å². The van der Waals surface area contributed by atoms with E-state index in [0.29, 0.717) is 17.3 Å². The molecule has 1 amide bonds. The van der Waals surface area contributed by atoms with E-state index in [9.17, 15) is 4.79 Å². The number of furan rings is 1. The van der Waals surface area contributed by atoms with Gasteiger partial charge in [0.2, 0.25) is 5.91 Å². The van der Waals surface area contributed by atoms with Gasteiger partial charge >= 0.3 is 0 Å². The van der Waals surface area contributed by atoms with Gasteiger partial charge in [-0.25, -0.2) is 9.99 Å². The van der Waals surface area contributed by atoms with Gasteiger partial charge in [0, 0.05) is 24.3 Å². The highest BCUT2D eigenvalue weighted by Gasteiger charge is 2.34. The van der Waals surface area contributed by atoms with Gasteiger partial charge in [0.25, 0.3) is 0 Å². The quantitative estimate of drug-likeness (QED) is 0.638. The first-order valence-corrected chi connectivity index (χ1v) is 8.38. The lowest BCUT2D eigenvalue weighted by atomic mass is 10.0. The smallest absolute Gasteiger partial charge is 0.240 e. The van der Waals surface area contributed by atoms with Gasteiger partial charge in [0.1, 0.15) is 16.6 Å². The fourth-order valence-corrected chi connectivity index (χ4v) is 3.41. The molecule has 5 nitrogen and oxygen atoms in total. The zero-order chi connectivity index (χ0) is 17.6. The third-order valence-corrected chi connectivity index (χ3v) is 4.65. The number of fused-ring (bicyclic) bond motifs is 1. The second-order valence-electron chi connectivity index (χ2n) is 6.17. The number of carbonyl (C=O) groups is 1. The number of hydrogen-bond donors (Lipinski definition) is 0. The molecular weight excluding hydrogens is 338 g/mol. The largest absolute Gasteiger partial charge is 0.463 e. The van der Waals surface area contributed by atoms with Gasteiger partial charge in [-0.1, -0.05) is 23.7 Å². The fraction of sp³-hybridized carbons (Fsp3) is 0.211. The van der Waals surface area contributed by atoms with Crippen molar-refractivity contribution in [3.63, 3.8) is 0 Å². The van der Waals surface area contributed by atoms with Crippen LogP contribution in [0.1, 0.15) is 36.3 Å². The standard InChI is InChI=1S/C19H16ClN3O2/c1-11-5-6-13-9-14(19(20)21-15(13)8-11)17-10-16(18-4-3-7-25-18)22-23(17)12(2)24/h3-9,17H,10H2,1-2H3/t17-/m1/s1. The maximum atomic E-state index is 12.1. The molecule has 0 spiro atoms. The van der Waals surface area contributed by atoms with Crippen molar-refractivity contribution in [2.24, 2.45) is 5.10 Å². The normalized spacial score (nSPS) is 17.2. The van der Waals surface area contributed by atoms with Gasteiger partial charge in [0.05, 0.1) is 17.8 Å². The molecule has 0 radical (unpaired) electrons. The monoisotopic (exact) mass is 353 g/mol. The molecule has 4 rings (SSSR count). The molecule has 3 heterocycles. The van der Waals surface area contributed by atoms with Crippen LogP contribution in [0.25, 0.3) is 10.9 Å². The summed E-state index contributed by atoms with van der Waals surface area (Å²) in [6, 6.07) is 11.4. The number of nitrogens with zero attached hydrogens (tertiary/aromatic N) is 3. The minimum atomic E-state index is -0.289. The average molecular weight is 354 g/mol. The Bertz CT molecular complexity index is 995. The summed E-state index contributed by atoms with van der Waals surface area (Å²) in [5.74, 6) is 0.515. The van der Waals surface area contributed by atoms with Crippen LogP contribution >= 0.6 is 11.6 Å². The number of aromatic nitrogens is 1. The number of amides is 1. The highest BCUT2D eigenvalue weighted by molar-refractivity contribution is 6.30. The Balaban J connectivity index is 1.78. The molecule has 0 aliphatic carbocycles. The topological polar surface area (TPSA) is 58.7 Å². The fourth-order valence-electron chi connectivity index (χ4n) is 3.14. The molecule has 1 aliphatic rings. The van der Waals surface area contributed by atoms with Crippen LogP contribution in [0.3, 0.4) is 0 Å². The van der Waals surface area contributed by atoms with E-state index in [0.717, 1.165) is 27.7 Å². The van der Waals surface area contributed by atoms with Gasteiger partial charge in [-0.3, -0.25) is 4.79 Å². The first-order chi connectivity index (χ1) is 12.0. The van der Waals surface area contributed by atoms with E-state index in [4.69, 9.17) is 16.0 Å². The Kier molecular flexibility index (Phi) is 3.81. The first kappa shape index (κ1) is 15.8. The number of carbonyl (C=O) groups excluding carboxylic acids is 1. The van der Waals surface area contributed by atoms with E-state index in [1.54, 1.807) is 12.3 Å². The number of halogens is 1. The van der Waals surface area contributed by atoms with Crippen molar-refractivity contribution in [1.82, 2.24) is 9.99 Å². The Morgan fingerprint density at radius 1 is 1.32 bits per heavy atom. The summed E-state index contributed by atoms with van der Waals surface area (Å²) >= 11 is 6.45. The second kappa shape index (κ2) is 6.01. The summed E-state index contributed by atoms with van der Waals surface area (Å²) in [4.78, 5) is 16.6. The molecule has 126 valence electrons. The predicted octanol–water partition coefficient (Wildman–Crippen LogP) is 4.49. The number of rotatable bonds is 2. The number of hydrazone groups is 1. The molecular formula is C19H16ClN3O2. The van der Waals surface area contributed by atoms with Crippen LogP contribution in [0.5, 0.6) is 0 Å². The van der Waals surface area contributed by atoms with Crippen molar-refractivity contribution < 1.29 is 9.21 Å². The van der Waals surface area contributed by atoms with Crippen molar-refractivity contribution >= 4 is 34.1 Å². The van der Waals surface area contributed by atoms with Gasteiger partial charge in [-0.2, -0.15) is 5.10 Å². The summed E-state index contributed by atoms with van der Waals surface area (Å²) in [7, 11) is 0. The van der Waals surface area contributed by atoms with E-state index < -0.39 is 0 Å². The van der Waals surface area contributed by atoms with Crippen molar-refractivity contribution in [2.45, 2.75) is 26.3 Å². The molecule has 1 aromatic carbocycles. The van der Waals surface area contributed by atoms with E-state index >= 15 is 0 Å². The van der Waals surface area contributed by atoms with Crippen LogP contribution in [0.15, 0.2) is 52.2 Å². The highest BCUT2D eigenvalue weighted by Crippen LogP contribution is 2.37. The molecule has 25 heavy (non-hydrogen) atoms. The molecule has 0 fully saturated rings. The Morgan fingerprint density at radius 2 is 2.16 bits per heavy atom. The summed E-state index contributed by atoms with van der Waals surface area (Å²) < 4.78 is 5.43. The van der Waals surface area contributed by atoms with Gasteiger partial charge in [-0.05, 0) is 36.8 Å². The third kappa shape index (κ3) is 2.81. The SMILES string of the molecule is CC(=O)N1N=C(c2ccco2)C[C@@H]1c1cc2ccc(C)cc2nc1Cl. The minimum absolute atomic E-state index is 0.147. The van der Waals surface area contributed by atoms with E-state index in [-0.39, 0.29) is 11.9 Å². The van der Waals surface area contributed by atoms with E-state index in [1.807, 2.05) is 37.3 Å². The number of aryl methyl sites for hydroxylation is 1. The highest BCUT2D eigenvalue weighted by atomic mass is 35.5. The molecule has 0 N–H and O–H groups in total. The molecule has 0 unspecified atom stereocenters. The zero-order valence-corrected chi connectivity index (χ0v) is 14.6. The molecule has 0 saturated heterocycles. The molecule has 2 aromatic heterocycles. The lowest BCUT2D eigenvalue weighted by Gasteiger charge is -2.21. The second-order valence-corrected chi connectivity index (χ2v) is 6.53. The lowest BCUT2D eigenvalue weighted by molar-refractivity contribution is -0.130. The lowest BCUT2D eigenvalue weighted by Crippen LogP contribution is -2.24. The zero-order valence-electron chi connectivity index (χ0n) is 13.9. The van der Waals surface area contributed by atoms with E-state index in [1.165, 1.54) is 11.9 Å². The van der Waals surface area contributed by atoms with Gasteiger partial charge in [0.15, 0.2) is 0 Å². The van der Waals surface area contributed by atoms with Crippen LogP contribution in [0, 0.1) is 6.92 Å². The van der Waals surface area contributed by atoms with Crippen LogP contribution in [-0.2, 0) is 4.79 Å². The maximum Gasteiger partial charge on any atom is 0.240 e. The van der Waals surface area contributed by atoms with Crippen molar-refractivity contribution in [1.29, 1.82) is 0 Å². The van der Waals surface area contributed by atoms with Gasteiger partial charge < -0.3 is 4.42 Å². The molecule has 0 bridgehead atoms. The Morgan fingerprint density at radius 3 is 2.88 bits per heavy atom. The number of pyridine rings is 1. The van der Waals surface area contributed by atoms with Crippen LogP contribution < -0.4 is 0 Å².